The normalized spacial score (nSPS) is 17.2. The molecule has 18 heavy (non-hydrogen) atoms. The quantitative estimate of drug-likeness (QED) is 0.602. The van der Waals surface area contributed by atoms with Gasteiger partial charge in [-0.3, -0.25) is 9.78 Å². The minimum absolute atomic E-state index is 0.186. The standard InChI is InChI=1S/C15H21NO2/c1-2-18-14-9-13(10-16-11-14)15(17)12-7-5-3-4-6-8-12/h9-12H,2-8H2,1H3. The summed E-state index contributed by atoms with van der Waals surface area (Å²) in [6.07, 6.45) is 10.3. The smallest absolute Gasteiger partial charge is 0.167 e. The first kappa shape index (κ1) is 13.1. The first-order chi connectivity index (χ1) is 8.81. The van der Waals surface area contributed by atoms with Crippen molar-refractivity contribution in [1.29, 1.82) is 0 Å². The molecule has 1 aliphatic carbocycles. The fourth-order valence-electron chi connectivity index (χ4n) is 2.58. The number of carbonyl (C=O) groups is 1. The van der Waals surface area contributed by atoms with E-state index in [1.807, 2.05) is 13.0 Å². The average Bonchev–Trinajstić information content (AvgIpc) is 2.67. The molecule has 0 N–H and O–H groups in total. The van der Waals surface area contributed by atoms with Gasteiger partial charge < -0.3 is 4.74 Å². The summed E-state index contributed by atoms with van der Waals surface area (Å²) in [6, 6.07) is 1.82. The topological polar surface area (TPSA) is 39.2 Å². The zero-order chi connectivity index (χ0) is 12.8. The molecule has 0 bridgehead atoms. The highest BCUT2D eigenvalue weighted by Gasteiger charge is 2.21. The van der Waals surface area contributed by atoms with Crippen LogP contribution in [0.5, 0.6) is 5.75 Å². The Balaban J connectivity index is 2.09. The number of nitrogens with zero attached hydrogens (tertiary/aromatic N) is 1. The number of carbonyl (C=O) groups excluding carboxylic acids is 1. The predicted molar refractivity (Wildman–Crippen MR) is 70.9 cm³/mol. The van der Waals surface area contributed by atoms with Gasteiger partial charge in [-0.05, 0) is 25.8 Å². The van der Waals surface area contributed by atoms with E-state index in [0.717, 1.165) is 12.8 Å². The van der Waals surface area contributed by atoms with E-state index >= 15 is 0 Å². The highest BCUT2D eigenvalue weighted by molar-refractivity contribution is 5.97. The maximum absolute atomic E-state index is 12.4. The Labute approximate surface area is 109 Å². The first-order valence-electron chi connectivity index (χ1n) is 6.93. The lowest BCUT2D eigenvalue weighted by Gasteiger charge is -2.13. The molecule has 0 aromatic carbocycles. The molecular formula is C15H21NO2. The zero-order valence-corrected chi connectivity index (χ0v) is 11.0. The minimum atomic E-state index is 0.186. The van der Waals surface area contributed by atoms with Crippen LogP contribution in [0.15, 0.2) is 18.5 Å². The molecule has 0 spiro atoms. The van der Waals surface area contributed by atoms with Crippen molar-refractivity contribution in [2.75, 3.05) is 6.61 Å². The molecule has 2 rings (SSSR count). The van der Waals surface area contributed by atoms with Gasteiger partial charge in [0.05, 0.1) is 12.8 Å². The number of hydrogen-bond donors (Lipinski definition) is 0. The van der Waals surface area contributed by atoms with Gasteiger partial charge in [0.1, 0.15) is 5.75 Å². The summed E-state index contributed by atoms with van der Waals surface area (Å²) in [5, 5.41) is 0. The number of rotatable bonds is 4. The molecule has 0 aliphatic heterocycles. The van der Waals surface area contributed by atoms with Crippen molar-refractivity contribution in [2.24, 2.45) is 5.92 Å². The maximum Gasteiger partial charge on any atom is 0.167 e. The fraction of sp³-hybridized carbons (Fsp3) is 0.600. The van der Waals surface area contributed by atoms with Gasteiger partial charge in [-0.15, -0.1) is 0 Å². The zero-order valence-electron chi connectivity index (χ0n) is 11.0. The van der Waals surface area contributed by atoms with Gasteiger partial charge in [-0.2, -0.15) is 0 Å². The molecule has 0 atom stereocenters. The minimum Gasteiger partial charge on any atom is -0.492 e. The molecule has 1 heterocycles. The molecule has 0 amide bonds. The third-order valence-corrected chi connectivity index (χ3v) is 3.53. The van der Waals surface area contributed by atoms with E-state index in [0.29, 0.717) is 17.9 Å². The summed E-state index contributed by atoms with van der Waals surface area (Å²) < 4.78 is 5.39. The highest BCUT2D eigenvalue weighted by Crippen LogP contribution is 2.26. The van der Waals surface area contributed by atoms with E-state index in [9.17, 15) is 4.79 Å². The van der Waals surface area contributed by atoms with Gasteiger partial charge in [-0.1, -0.05) is 25.7 Å². The van der Waals surface area contributed by atoms with Crippen molar-refractivity contribution in [1.82, 2.24) is 4.98 Å². The Bertz CT molecular complexity index is 395. The van der Waals surface area contributed by atoms with Crippen LogP contribution < -0.4 is 4.74 Å². The maximum atomic E-state index is 12.4. The van der Waals surface area contributed by atoms with E-state index in [2.05, 4.69) is 4.98 Å². The molecule has 3 heteroatoms. The number of ketones is 1. The molecule has 1 aromatic heterocycles. The number of pyridine rings is 1. The number of ether oxygens (including phenoxy) is 1. The molecule has 1 saturated carbocycles. The van der Waals surface area contributed by atoms with Crippen LogP contribution in [0.1, 0.15) is 55.8 Å². The van der Waals surface area contributed by atoms with E-state index in [-0.39, 0.29) is 11.7 Å². The number of Topliss-reactive ketones (excluding diaryl/α,β-unsaturated/α-hetero) is 1. The molecule has 1 fully saturated rings. The van der Waals surface area contributed by atoms with Crippen LogP contribution in [-0.4, -0.2) is 17.4 Å². The number of hydrogen-bond acceptors (Lipinski definition) is 3. The van der Waals surface area contributed by atoms with Crippen molar-refractivity contribution < 1.29 is 9.53 Å². The summed E-state index contributed by atoms with van der Waals surface area (Å²) in [6.45, 7) is 2.53. The largest absolute Gasteiger partial charge is 0.492 e. The van der Waals surface area contributed by atoms with Gasteiger partial charge >= 0.3 is 0 Å². The van der Waals surface area contributed by atoms with E-state index in [4.69, 9.17) is 4.74 Å². The third kappa shape index (κ3) is 3.31. The Kier molecular flexibility index (Phi) is 4.73. The fourth-order valence-corrected chi connectivity index (χ4v) is 2.58. The molecule has 0 saturated heterocycles. The lowest BCUT2D eigenvalue weighted by molar-refractivity contribution is 0.0907. The first-order valence-corrected chi connectivity index (χ1v) is 6.93. The van der Waals surface area contributed by atoms with Crippen LogP contribution in [0.3, 0.4) is 0 Å². The summed E-state index contributed by atoms with van der Waals surface area (Å²) in [7, 11) is 0. The second-order valence-electron chi connectivity index (χ2n) is 4.90. The van der Waals surface area contributed by atoms with Crippen LogP contribution in [0.4, 0.5) is 0 Å². The lowest BCUT2D eigenvalue weighted by atomic mass is 9.92. The Morgan fingerprint density at radius 2 is 2.00 bits per heavy atom. The van der Waals surface area contributed by atoms with Gasteiger partial charge in [0.25, 0.3) is 0 Å². The summed E-state index contributed by atoms with van der Waals surface area (Å²) in [4.78, 5) is 16.5. The average molecular weight is 247 g/mol. The lowest BCUT2D eigenvalue weighted by Crippen LogP contribution is -2.14. The molecule has 1 aromatic rings. The van der Waals surface area contributed by atoms with Crippen molar-refractivity contribution in [3.63, 3.8) is 0 Å². The van der Waals surface area contributed by atoms with Gasteiger partial charge in [0.2, 0.25) is 0 Å². The van der Waals surface area contributed by atoms with Gasteiger partial charge in [0, 0.05) is 17.7 Å². The monoisotopic (exact) mass is 247 g/mol. The van der Waals surface area contributed by atoms with Gasteiger partial charge in [0.15, 0.2) is 5.78 Å². The second-order valence-corrected chi connectivity index (χ2v) is 4.90. The van der Waals surface area contributed by atoms with Crippen LogP contribution >= 0.6 is 0 Å². The SMILES string of the molecule is CCOc1cncc(C(=O)C2CCCCCC2)c1. The van der Waals surface area contributed by atoms with Crippen LogP contribution in [0, 0.1) is 5.92 Å². The predicted octanol–water partition coefficient (Wildman–Crippen LogP) is 3.63. The summed E-state index contributed by atoms with van der Waals surface area (Å²) in [5.74, 6) is 1.12. The van der Waals surface area contributed by atoms with Crippen molar-refractivity contribution >= 4 is 5.78 Å². The van der Waals surface area contributed by atoms with Crippen molar-refractivity contribution in [3.8, 4) is 5.75 Å². The third-order valence-electron chi connectivity index (χ3n) is 3.53. The van der Waals surface area contributed by atoms with Crippen LogP contribution in [-0.2, 0) is 0 Å². The Hall–Kier alpha value is -1.38. The Morgan fingerprint density at radius 1 is 1.28 bits per heavy atom. The molecule has 3 nitrogen and oxygen atoms in total. The van der Waals surface area contributed by atoms with Crippen LogP contribution in [0.2, 0.25) is 0 Å². The molecule has 98 valence electrons. The Morgan fingerprint density at radius 3 is 2.67 bits per heavy atom. The molecular weight excluding hydrogens is 226 g/mol. The van der Waals surface area contributed by atoms with E-state index in [1.165, 1.54) is 25.7 Å². The van der Waals surface area contributed by atoms with E-state index < -0.39 is 0 Å². The summed E-state index contributed by atoms with van der Waals surface area (Å²) in [5.41, 5.74) is 0.702. The van der Waals surface area contributed by atoms with Crippen molar-refractivity contribution in [2.45, 2.75) is 45.4 Å². The van der Waals surface area contributed by atoms with Crippen molar-refractivity contribution in [3.05, 3.63) is 24.0 Å². The van der Waals surface area contributed by atoms with E-state index in [1.54, 1.807) is 12.4 Å². The molecule has 0 unspecified atom stereocenters. The van der Waals surface area contributed by atoms with Gasteiger partial charge in [-0.25, -0.2) is 0 Å². The molecule has 0 radical (unpaired) electrons. The van der Waals surface area contributed by atoms with Crippen LogP contribution in [0.25, 0.3) is 0 Å². The highest BCUT2D eigenvalue weighted by atomic mass is 16.5. The summed E-state index contributed by atoms with van der Waals surface area (Å²) >= 11 is 0. The second kappa shape index (κ2) is 6.53. The molecule has 1 aliphatic rings. The number of aromatic nitrogens is 1.